The standard InChI is InChI=1S/C21H20ClN5O5/c1-12(8-19(28)24-15-7-5-4-6-13(15)11-23)26-27-21(30)20(29)25-16-10-17(31-2)14(22)9-18(16)32-3/h4-7,9-10H,8H2,1-3H3,(H,24,28)(H,25,29)(H,27,30)/b26-12-. The second-order valence-electron chi connectivity index (χ2n) is 6.31. The van der Waals surface area contributed by atoms with Gasteiger partial charge in [-0.15, -0.1) is 0 Å². The summed E-state index contributed by atoms with van der Waals surface area (Å²) in [6.45, 7) is 1.50. The first-order valence-electron chi connectivity index (χ1n) is 9.14. The largest absolute Gasteiger partial charge is 0.495 e. The molecular weight excluding hydrogens is 438 g/mol. The minimum absolute atomic E-state index is 0.163. The number of benzene rings is 2. The van der Waals surface area contributed by atoms with Crippen LogP contribution in [0.2, 0.25) is 5.02 Å². The van der Waals surface area contributed by atoms with Crippen molar-refractivity contribution in [1.82, 2.24) is 5.43 Å². The molecule has 10 nitrogen and oxygen atoms in total. The molecule has 0 aliphatic carbocycles. The third kappa shape index (κ3) is 6.45. The Morgan fingerprint density at radius 1 is 1.03 bits per heavy atom. The van der Waals surface area contributed by atoms with E-state index in [0.29, 0.717) is 11.3 Å². The molecule has 0 aliphatic rings. The number of halogens is 1. The van der Waals surface area contributed by atoms with Crippen LogP contribution in [0.5, 0.6) is 11.5 Å². The van der Waals surface area contributed by atoms with E-state index in [9.17, 15) is 14.4 Å². The summed E-state index contributed by atoms with van der Waals surface area (Å²) in [5.74, 6) is -2.01. The number of amides is 3. The molecule has 0 unspecified atom stereocenters. The number of carbonyl (C=O) groups excluding carboxylic acids is 3. The molecule has 0 spiro atoms. The van der Waals surface area contributed by atoms with Crippen molar-refractivity contribution in [2.45, 2.75) is 13.3 Å². The van der Waals surface area contributed by atoms with Gasteiger partial charge >= 0.3 is 11.8 Å². The van der Waals surface area contributed by atoms with Crippen molar-refractivity contribution < 1.29 is 23.9 Å². The van der Waals surface area contributed by atoms with Crippen LogP contribution < -0.4 is 25.5 Å². The first-order chi connectivity index (χ1) is 15.3. The molecule has 0 aliphatic heterocycles. The maximum absolute atomic E-state index is 12.2. The summed E-state index contributed by atoms with van der Waals surface area (Å²) < 4.78 is 10.2. The van der Waals surface area contributed by atoms with E-state index in [1.165, 1.54) is 33.3 Å². The minimum Gasteiger partial charge on any atom is -0.495 e. The Morgan fingerprint density at radius 3 is 2.38 bits per heavy atom. The summed E-state index contributed by atoms with van der Waals surface area (Å²) in [4.78, 5) is 36.4. The molecule has 0 saturated heterocycles. The maximum atomic E-state index is 12.2. The fourth-order valence-electron chi connectivity index (χ4n) is 2.49. The number of carbonyl (C=O) groups is 3. The van der Waals surface area contributed by atoms with Crippen molar-refractivity contribution in [2.24, 2.45) is 5.10 Å². The van der Waals surface area contributed by atoms with Crippen molar-refractivity contribution in [3.8, 4) is 17.6 Å². The number of nitrogens with zero attached hydrogens (tertiary/aromatic N) is 2. The van der Waals surface area contributed by atoms with Crippen molar-refractivity contribution in [1.29, 1.82) is 5.26 Å². The molecule has 0 atom stereocenters. The number of nitriles is 1. The topological polar surface area (TPSA) is 142 Å². The first-order valence-corrected chi connectivity index (χ1v) is 9.51. The minimum atomic E-state index is -1.06. The number of nitrogens with one attached hydrogen (secondary N) is 3. The highest BCUT2D eigenvalue weighted by molar-refractivity contribution is 6.40. The lowest BCUT2D eigenvalue weighted by molar-refractivity contribution is -0.136. The molecule has 0 saturated carbocycles. The lowest BCUT2D eigenvalue weighted by Gasteiger charge is -2.12. The van der Waals surface area contributed by atoms with E-state index >= 15 is 0 Å². The fourth-order valence-corrected chi connectivity index (χ4v) is 2.72. The van der Waals surface area contributed by atoms with E-state index in [1.807, 2.05) is 6.07 Å². The van der Waals surface area contributed by atoms with Gasteiger partial charge in [0.25, 0.3) is 0 Å². The van der Waals surface area contributed by atoms with Gasteiger partial charge in [-0.3, -0.25) is 14.4 Å². The number of para-hydroxylation sites is 1. The average Bonchev–Trinajstić information content (AvgIpc) is 2.78. The Labute approximate surface area is 189 Å². The molecule has 0 radical (unpaired) electrons. The van der Waals surface area contributed by atoms with Gasteiger partial charge in [0.2, 0.25) is 5.91 Å². The fraction of sp³-hybridized carbons (Fsp3) is 0.190. The number of hydrazone groups is 1. The third-order valence-electron chi connectivity index (χ3n) is 4.01. The van der Waals surface area contributed by atoms with Gasteiger partial charge < -0.3 is 20.1 Å². The molecule has 0 bridgehead atoms. The zero-order valence-corrected chi connectivity index (χ0v) is 18.2. The van der Waals surface area contributed by atoms with Crippen LogP contribution in [-0.2, 0) is 14.4 Å². The number of hydrogen-bond donors (Lipinski definition) is 3. The number of ether oxygens (including phenoxy) is 2. The van der Waals surface area contributed by atoms with Gasteiger partial charge in [-0.2, -0.15) is 10.4 Å². The zero-order chi connectivity index (χ0) is 23.7. The molecule has 166 valence electrons. The van der Waals surface area contributed by atoms with Crippen LogP contribution in [0.15, 0.2) is 41.5 Å². The second-order valence-corrected chi connectivity index (χ2v) is 6.72. The van der Waals surface area contributed by atoms with E-state index in [2.05, 4.69) is 21.2 Å². The van der Waals surface area contributed by atoms with Gasteiger partial charge in [0.15, 0.2) is 0 Å². The summed E-state index contributed by atoms with van der Waals surface area (Å²) >= 11 is 6.01. The average molecular weight is 458 g/mol. The van der Waals surface area contributed by atoms with E-state index in [-0.39, 0.29) is 34.3 Å². The quantitative estimate of drug-likeness (QED) is 0.331. The van der Waals surface area contributed by atoms with E-state index in [1.54, 1.807) is 24.3 Å². The summed E-state index contributed by atoms with van der Waals surface area (Å²) in [7, 11) is 2.78. The zero-order valence-electron chi connectivity index (χ0n) is 17.5. The van der Waals surface area contributed by atoms with Gasteiger partial charge in [0, 0.05) is 17.8 Å². The van der Waals surface area contributed by atoms with Crippen molar-refractivity contribution in [3.05, 3.63) is 47.0 Å². The molecule has 32 heavy (non-hydrogen) atoms. The van der Waals surface area contributed by atoms with Gasteiger partial charge in [-0.05, 0) is 19.1 Å². The van der Waals surface area contributed by atoms with E-state index < -0.39 is 17.7 Å². The second kappa shape index (κ2) is 11.3. The smallest absolute Gasteiger partial charge is 0.329 e. The summed E-state index contributed by atoms with van der Waals surface area (Å²) in [5, 5.41) is 18.1. The Bertz CT molecular complexity index is 1110. The number of hydrogen-bond acceptors (Lipinski definition) is 7. The Balaban J connectivity index is 1.96. The van der Waals surface area contributed by atoms with Gasteiger partial charge in [0.05, 0.1) is 42.6 Å². The number of rotatable bonds is 7. The van der Waals surface area contributed by atoms with Crippen LogP contribution in [0.4, 0.5) is 11.4 Å². The third-order valence-corrected chi connectivity index (χ3v) is 4.31. The molecule has 2 rings (SSSR count). The summed E-state index contributed by atoms with van der Waals surface area (Å²) in [5.41, 5.74) is 3.17. The van der Waals surface area contributed by atoms with Gasteiger partial charge in [0.1, 0.15) is 17.6 Å². The lowest BCUT2D eigenvalue weighted by Crippen LogP contribution is -2.33. The molecule has 2 aromatic rings. The summed E-state index contributed by atoms with van der Waals surface area (Å²) in [6, 6.07) is 11.3. The van der Waals surface area contributed by atoms with Crippen LogP contribution in [0, 0.1) is 11.3 Å². The number of anilines is 2. The van der Waals surface area contributed by atoms with Crippen LogP contribution in [0.25, 0.3) is 0 Å². The van der Waals surface area contributed by atoms with Crippen molar-refractivity contribution >= 4 is 46.4 Å². The Hall–Kier alpha value is -4.10. The van der Waals surface area contributed by atoms with E-state index in [0.717, 1.165) is 0 Å². The summed E-state index contributed by atoms with van der Waals surface area (Å²) in [6.07, 6.45) is -0.163. The van der Waals surface area contributed by atoms with E-state index in [4.69, 9.17) is 26.3 Å². The number of methoxy groups -OCH3 is 2. The van der Waals surface area contributed by atoms with Crippen molar-refractivity contribution in [3.63, 3.8) is 0 Å². The molecule has 0 fully saturated rings. The monoisotopic (exact) mass is 457 g/mol. The molecular formula is C21H20ClN5O5. The van der Waals surface area contributed by atoms with Crippen LogP contribution >= 0.6 is 11.6 Å². The predicted molar refractivity (Wildman–Crippen MR) is 119 cm³/mol. The van der Waals surface area contributed by atoms with Crippen LogP contribution in [-0.4, -0.2) is 37.7 Å². The molecule has 11 heteroatoms. The Morgan fingerprint density at radius 2 is 1.72 bits per heavy atom. The van der Waals surface area contributed by atoms with Gasteiger partial charge in [-0.1, -0.05) is 23.7 Å². The van der Waals surface area contributed by atoms with Gasteiger partial charge in [-0.25, -0.2) is 5.43 Å². The van der Waals surface area contributed by atoms with Crippen LogP contribution in [0.1, 0.15) is 18.9 Å². The first kappa shape index (κ1) is 24.2. The lowest BCUT2D eigenvalue weighted by atomic mass is 10.2. The molecule has 0 heterocycles. The van der Waals surface area contributed by atoms with Crippen molar-refractivity contribution in [2.75, 3.05) is 24.9 Å². The SMILES string of the molecule is COc1cc(NC(=O)C(=O)N/N=C(/C)CC(=O)Nc2ccccc2C#N)c(OC)cc1Cl. The molecule has 2 aromatic carbocycles. The highest BCUT2D eigenvalue weighted by Gasteiger charge is 2.18. The van der Waals surface area contributed by atoms with Crippen LogP contribution in [0.3, 0.4) is 0 Å². The highest BCUT2D eigenvalue weighted by atomic mass is 35.5. The normalized spacial score (nSPS) is 10.5. The highest BCUT2D eigenvalue weighted by Crippen LogP contribution is 2.35. The predicted octanol–water partition coefficient (Wildman–Crippen LogP) is 2.69. The maximum Gasteiger partial charge on any atom is 0.329 e. The molecule has 3 N–H and O–H groups in total. The molecule has 3 amide bonds. The molecule has 0 aromatic heterocycles. The Kier molecular flexibility index (Phi) is 8.56.